The third-order valence-electron chi connectivity index (χ3n) is 3.84. The molecule has 0 spiro atoms. The van der Waals surface area contributed by atoms with Crippen LogP contribution < -0.4 is 15.4 Å². The maximum absolute atomic E-state index is 13.2. The van der Waals surface area contributed by atoms with E-state index in [4.69, 9.17) is 9.26 Å². The molecule has 8 heteroatoms. The molecular weight excluding hydrogens is 361 g/mol. The van der Waals surface area contributed by atoms with Gasteiger partial charge in [-0.05, 0) is 32.4 Å². The van der Waals surface area contributed by atoms with Crippen molar-refractivity contribution in [3.8, 4) is 5.75 Å². The summed E-state index contributed by atoms with van der Waals surface area (Å²) < 4.78 is 24.2. The van der Waals surface area contributed by atoms with Crippen LogP contribution in [-0.2, 0) is 6.42 Å². The second-order valence-corrected chi connectivity index (χ2v) is 6.84. The third kappa shape index (κ3) is 7.54. The average molecular weight is 391 g/mol. The van der Waals surface area contributed by atoms with E-state index in [9.17, 15) is 4.39 Å². The number of rotatable bonds is 10. The molecule has 2 N–H and O–H groups in total. The van der Waals surface area contributed by atoms with Gasteiger partial charge in [-0.25, -0.2) is 9.38 Å². The van der Waals surface area contributed by atoms with E-state index >= 15 is 0 Å². The Labute approximate surface area is 165 Å². The Hall–Kier alpha value is -2.64. The van der Waals surface area contributed by atoms with Crippen LogP contribution in [0.4, 0.5) is 4.39 Å². The molecule has 0 saturated heterocycles. The molecule has 0 amide bonds. The molecule has 28 heavy (non-hydrogen) atoms. The molecule has 1 aromatic carbocycles. The van der Waals surface area contributed by atoms with Gasteiger partial charge in [0.15, 0.2) is 11.8 Å². The summed E-state index contributed by atoms with van der Waals surface area (Å²) in [6, 6.07) is 6.11. The first-order valence-corrected chi connectivity index (χ1v) is 9.74. The van der Waals surface area contributed by atoms with Crippen LogP contribution in [0.15, 0.2) is 33.8 Å². The minimum Gasteiger partial charge on any atom is -0.489 e. The van der Waals surface area contributed by atoms with E-state index < -0.39 is 0 Å². The number of aliphatic imine (C=N–C) groups is 1. The number of benzene rings is 1. The van der Waals surface area contributed by atoms with Crippen molar-refractivity contribution in [2.24, 2.45) is 4.99 Å². The van der Waals surface area contributed by atoms with Crippen LogP contribution in [0.2, 0.25) is 0 Å². The van der Waals surface area contributed by atoms with E-state index in [1.165, 1.54) is 12.1 Å². The maximum atomic E-state index is 13.2. The van der Waals surface area contributed by atoms with Gasteiger partial charge in [0.05, 0.1) is 6.54 Å². The van der Waals surface area contributed by atoms with Gasteiger partial charge in [-0.2, -0.15) is 4.98 Å². The Morgan fingerprint density at radius 2 is 2.11 bits per heavy atom. The molecule has 0 aliphatic rings. The van der Waals surface area contributed by atoms with Crippen molar-refractivity contribution in [1.82, 2.24) is 20.8 Å². The number of aromatic nitrogens is 2. The first-order chi connectivity index (χ1) is 13.5. The van der Waals surface area contributed by atoms with Crippen LogP contribution in [0.25, 0.3) is 0 Å². The Bertz CT molecular complexity index is 748. The van der Waals surface area contributed by atoms with Crippen LogP contribution in [0.3, 0.4) is 0 Å². The number of nitrogens with one attached hydrogen (secondary N) is 2. The number of nitrogens with zero attached hydrogens (tertiary/aromatic N) is 3. The van der Waals surface area contributed by atoms with Crippen molar-refractivity contribution in [2.75, 3.05) is 19.6 Å². The summed E-state index contributed by atoms with van der Waals surface area (Å²) >= 11 is 0. The lowest BCUT2D eigenvalue weighted by Gasteiger charge is -2.15. The first kappa shape index (κ1) is 21.7. The number of guanidine groups is 1. The fourth-order valence-electron chi connectivity index (χ4n) is 2.42. The maximum Gasteiger partial charge on any atom is 0.226 e. The Morgan fingerprint density at radius 3 is 2.79 bits per heavy atom. The second-order valence-electron chi connectivity index (χ2n) is 6.84. The normalized spacial score (nSPS) is 12.9. The van der Waals surface area contributed by atoms with E-state index in [-0.39, 0.29) is 17.8 Å². The third-order valence-corrected chi connectivity index (χ3v) is 3.84. The summed E-state index contributed by atoms with van der Waals surface area (Å²) in [4.78, 5) is 8.90. The van der Waals surface area contributed by atoms with Crippen LogP contribution in [-0.4, -0.2) is 41.8 Å². The zero-order valence-corrected chi connectivity index (χ0v) is 17.0. The van der Waals surface area contributed by atoms with E-state index in [0.29, 0.717) is 30.6 Å². The van der Waals surface area contributed by atoms with Gasteiger partial charge in [0.2, 0.25) is 5.89 Å². The van der Waals surface area contributed by atoms with Crippen molar-refractivity contribution < 1.29 is 13.7 Å². The van der Waals surface area contributed by atoms with Crippen molar-refractivity contribution in [1.29, 1.82) is 0 Å². The molecule has 2 rings (SSSR count). The molecule has 0 radical (unpaired) electrons. The van der Waals surface area contributed by atoms with E-state index in [1.807, 2.05) is 27.7 Å². The monoisotopic (exact) mass is 391 g/mol. The SMILES string of the molecule is CCNC(=NCC(C)Oc1cccc(F)c1)NCCCc1nc(C(C)C)no1. The molecule has 154 valence electrons. The van der Waals surface area contributed by atoms with Crippen LogP contribution in [0.5, 0.6) is 5.75 Å². The van der Waals surface area contributed by atoms with Gasteiger partial charge >= 0.3 is 0 Å². The Kier molecular flexibility index (Phi) is 8.71. The molecule has 1 heterocycles. The van der Waals surface area contributed by atoms with Gasteiger partial charge in [-0.3, -0.25) is 0 Å². The largest absolute Gasteiger partial charge is 0.489 e. The number of hydrogen-bond donors (Lipinski definition) is 2. The highest BCUT2D eigenvalue weighted by atomic mass is 19.1. The average Bonchev–Trinajstić information content (AvgIpc) is 3.12. The standard InChI is InChI=1S/C20H30FN5O2/c1-5-22-20(23-11-7-10-18-25-19(14(2)3)26-28-18)24-13-15(4)27-17-9-6-8-16(21)12-17/h6,8-9,12,14-15H,5,7,10-11,13H2,1-4H3,(H2,22,23,24). The van der Waals surface area contributed by atoms with Gasteiger partial charge in [-0.1, -0.05) is 25.1 Å². The zero-order valence-electron chi connectivity index (χ0n) is 17.0. The van der Waals surface area contributed by atoms with E-state index in [1.54, 1.807) is 12.1 Å². The second kappa shape index (κ2) is 11.3. The number of aryl methyl sites for hydroxylation is 1. The van der Waals surface area contributed by atoms with Crippen molar-refractivity contribution in [2.45, 2.75) is 52.6 Å². The Balaban J connectivity index is 1.76. The molecule has 1 unspecified atom stereocenters. The fraction of sp³-hybridized carbons (Fsp3) is 0.550. The van der Waals surface area contributed by atoms with Crippen LogP contribution >= 0.6 is 0 Å². The lowest BCUT2D eigenvalue weighted by molar-refractivity contribution is 0.229. The van der Waals surface area contributed by atoms with Gasteiger partial charge in [0, 0.05) is 31.5 Å². The predicted molar refractivity (Wildman–Crippen MR) is 107 cm³/mol. The molecule has 1 aromatic heterocycles. The van der Waals surface area contributed by atoms with Gasteiger partial charge in [0.25, 0.3) is 0 Å². The summed E-state index contributed by atoms with van der Waals surface area (Å²) in [6.45, 7) is 9.92. The number of halogens is 1. The minimum atomic E-state index is -0.315. The number of ether oxygens (including phenoxy) is 1. The van der Waals surface area contributed by atoms with Crippen molar-refractivity contribution in [3.05, 3.63) is 41.8 Å². The van der Waals surface area contributed by atoms with Crippen LogP contribution in [0, 0.1) is 5.82 Å². The quantitative estimate of drug-likeness (QED) is 0.367. The summed E-state index contributed by atoms with van der Waals surface area (Å²) in [7, 11) is 0. The topological polar surface area (TPSA) is 84.6 Å². The summed E-state index contributed by atoms with van der Waals surface area (Å²) in [5.41, 5.74) is 0. The molecule has 0 fully saturated rings. The van der Waals surface area contributed by atoms with E-state index in [2.05, 4.69) is 25.8 Å². The van der Waals surface area contributed by atoms with E-state index in [0.717, 1.165) is 25.3 Å². The smallest absolute Gasteiger partial charge is 0.226 e. The zero-order chi connectivity index (χ0) is 20.4. The van der Waals surface area contributed by atoms with Gasteiger partial charge in [-0.15, -0.1) is 0 Å². The Morgan fingerprint density at radius 1 is 1.29 bits per heavy atom. The highest BCUT2D eigenvalue weighted by Gasteiger charge is 2.09. The van der Waals surface area contributed by atoms with Crippen molar-refractivity contribution in [3.63, 3.8) is 0 Å². The van der Waals surface area contributed by atoms with Gasteiger partial charge in [0.1, 0.15) is 17.7 Å². The number of hydrogen-bond acceptors (Lipinski definition) is 5. The molecule has 7 nitrogen and oxygen atoms in total. The van der Waals surface area contributed by atoms with Crippen LogP contribution in [0.1, 0.15) is 51.7 Å². The van der Waals surface area contributed by atoms with Gasteiger partial charge < -0.3 is 19.9 Å². The highest BCUT2D eigenvalue weighted by molar-refractivity contribution is 5.79. The lowest BCUT2D eigenvalue weighted by atomic mass is 10.2. The molecule has 0 aliphatic heterocycles. The predicted octanol–water partition coefficient (Wildman–Crippen LogP) is 3.29. The molecule has 0 aliphatic carbocycles. The summed E-state index contributed by atoms with van der Waals surface area (Å²) in [6.07, 6.45) is 1.38. The lowest BCUT2D eigenvalue weighted by Crippen LogP contribution is -2.38. The molecule has 0 bridgehead atoms. The summed E-state index contributed by atoms with van der Waals surface area (Å²) in [5, 5.41) is 10.5. The summed E-state index contributed by atoms with van der Waals surface area (Å²) in [5.74, 6) is 2.56. The molecular formula is C20H30FN5O2. The fourth-order valence-corrected chi connectivity index (χ4v) is 2.42. The minimum absolute atomic E-state index is 0.176. The molecule has 1 atom stereocenters. The molecule has 2 aromatic rings. The first-order valence-electron chi connectivity index (χ1n) is 9.74. The molecule has 0 saturated carbocycles. The highest BCUT2D eigenvalue weighted by Crippen LogP contribution is 2.14. The van der Waals surface area contributed by atoms with Crippen molar-refractivity contribution >= 4 is 5.96 Å².